The Morgan fingerprint density at radius 1 is 1.11 bits per heavy atom. The summed E-state index contributed by atoms with van der Waals surface area (Å²) in [6.45, 7) is 3.93. The van der Waals surface area contributed by atoms with Gasteiger partial charge in [-0.25, -0.2) is 0 Å². The highest BCUT2D eigenvalue weighted by Crippen LogP contribution is 2.12. The van der Waals surface area contributed by atoms with Crippen molar-refractivity contribution in [2.75, 3.05) is 26.2 Å². The summed E-state index contributed by atoms with van der Waals surface area (Å²) in [4.78, 5) is 13.4. The minimum absolute atomic E-state index is 0.243. The molecule has 0 aromatic carbocycles. The summed E-state index contributed by atoms with van der Waals surface area (Å²) in [6.07, 6.45) is -0.570. The van der Waals surface area contributed by atoms with E-state index in [-0.39, 0.29) is 12.5 Å². The minimum atomic E-state index is -4.27. The van der Waals surface area contributed by atoms with E-state index in [0.29, 0.717) is 13.1 Å². The van der Waals surface area contributed by atoms with Crippen LogP contribution in [0.3, 0.4) is 0 Å². The van der Waals surface area contributed by atoms with Gasteiger partial charge in [0.25, 0.3) is 0 Å². The second-order valence-corrected chi connectivity index (χ2v) is 4.31. The van der Waals surface area contributed by atoms with E-state index in [4.69, 9.17) is 0 Å². The van der Waals surface area contributed by atoms with Gasteiger partial charge in [-0.1, -0.05) is 26.7 Å². The molecule has 0 spiro atoms. The zero-order valence-electron chi connectivity index (χ0n) is 11.1. The largest absolute Gasteiger partial charge is 0.401 e. The SMILES string of the molecule is CCCCN(CCCC)C(=O)CNCC(F)(F)F. The van der Waals surface area contributed by atoms with E-state index in [2.05, 4.69) is 5.32 Å². The van der Waals surface area contributed by atoms with Crippen LogP contribution in [0, 0.1) is 0 Å². The number of hydrogen-bond acceptors (Lipinski definition) is 2. The Balaban J connectivity index is 4.03. The molecule has 0 fully saturated rings. The third-order valence-electron chi connectivity index (χ3n) is 2.52. The van der Waals surface area contributed by atoms with E-state index in [1.165, 1.54) is 0 Å². The van der Waals surface area contributed by atoms with Crippen molar-refractivity contribution >= 4 is 5.91 Å². The highest BCUT2D eigenvalue weighted by Gasteiger charge is 2.26. The molecular weight excluding hydrogens is 245 g/mol. The highest BCUT2D eigenvalue weighted by atomic mass is 19.4. The number of halogens is 3. The molecule has 0 aliphatic rings. The molecule has 0 aromatic rings. The predicted molar refractivity (Wildman–Crippen MR) is 65.3 cm³/mol. The van der Waals surface area contributed by atoms with E-state index in [1.807, 2.05) is 13.8 Å². The van der Waals surface area contributed by atoms with Crippen LogP contribution in [-0.2, 0) is 4.79 Å². The molecule has 1 amide bonds. The molecule has 0 radical (unpaired) electrons. The summed E-state index contributed by atoms with van der Waals surface area (Å²) in [7, 11) is 0. The lowest BCUT2D eigenvalue weighted by molar-refractivity contribution is -0.134. The molecule has 0 saturated heterocycles. The van der Waals surface area contributed by atoms with E-state index >= 15 is 0 Å². The van der Waals surface area contributed by atoms with Gasteiger partial charge in [0.2, 0.25) is 5.91 Å². The lowest BCUT2D eigenvalue weighted by atomic mass is 10.2. The van der Waals surface area contributed by atoms with Crippen LogP contribution in [0.4, 0.5) is 13.2 Å². The third-order valence-corrected chi connectivity index (χ3v) is 2.52. The standard InChI is InChI=1S/C12H23F3N2O/c1-3-5-7-17(8-6-4-2)11(18)9-16-10-12(13,14)15/h16H,3-10H2,1-2H3. The average Bonchev–Trinajstić information content (AvgIpc) is 2.27. The predicted octanol–water partition coefficient (Wildman–Crippen LogP) is 2.57. The molecule has 0 saturated carbocycles. The number of hydrogen-bond donors (Lipinski definition) is 1. The Kier molecular flexibility index (Phi) is 8.79. The van der Waals surface area contributed by atoms with Gasteiger partial charge in [-0.15, -0.1) is 0 Å². The van der Waals surface area contributed by atoms with E-state index < -0.39 is 12.7 Å². The summed E-state index contributed by atoms with van der Waals surface area (Å²) < 4.78 is 35.8. The normalized spacial score (nSPS) is 11.6. The Morgan fingerprint density at radius 2 is 1.61 bits per heavy atom. The van der Waals surface area contributed by atoms with E-state index in [1.54, 1.807) is 4.90 Å². The number of nitrogens with one attached hydrogen (secondary N) is 1. The summed E-state index contributed by atoms with van der Waals surface area (Å²) >= 11 is 0. The quantitative estimate of drug-likeness (QED) is 0.697. The molecule has 18 heavy (non-hydrogen) atoms. The summed E-state index contributed by atoms with van der Waals surface area (Å²) in [5.74, 6) is -0.249. The Hall–Kier alpha value is -0.780. The molecule has 0 aliphatic heterocycles. The number of amides is 1. The summed E-state index contributed by atoms with van der Waals surface area (Å²) in [5, 5.41) is 2.14. The number of nitrogens with zero attached hydrogens (tertiary/aromatic N) is 1. The van der Waals surface area contributed by atoms with Crippen LogP contribution in [0.5, 0.6) is 0 Å². The average molecular weight is 268 g/mol. The Morgan fingerprint density at radius 3 is 2.00 bits per heavy atom. The van der Waals surface area contributed by atoms with Gasteiger partial charge in [-0.3, -0.25) is 4.79 Å². The topological polar surface area (TPSA) is 32.3 Å². The van der Waals surface area contributed by atoms with Crippen LogP contribution in [0.15, 0.2) is 0 Å². The van der Waals surface area contributed by atoms with Gasteiger partial charge in [0.1, 0.15) is 0 Å². The highest BCUT2D eigenvalue weighted by molar-refractivity contribution is 5.78. The second-order valence-electron chi connectivity index (χ2n) is 4.31. The van der Waals surface area contributed by atoms with Crippen molar-refractivity contribution in [1.29, 1.82) is 0 Å². The molecule has 6 heteroatoms. The van der Waals surface area contributed by atoms with Crippen molar-refractivity contribution in [1.82, 2.24) is 10.2 Å². The van der Waals surface area contributed by atoms with Crippen molar-refractivity contribution in [2.45, 2.75) is 45.7 Å². The first-order valence-corrected chi connectivity index (χ1v) is 6.46. The molecular formula is C12H23F3N2O. The lowest BCUT2D eigenvalue weighted by Crippen LogP contribution is -2.41. The zero-order valence-corrected chi connectivity index (χ0v) is 11.1. The van der Waals surface area contributed by atoms with Gasteiger partial charge < -0.3 is 10.2 Å². The van der Waals surface area contributed by atoms with Crippen LogP contribution >= 0.6 is 0 Å². The first-order chi connectivity index (χ1) is 8.40. The van der Waals surface area contributed by atoms with Gasteiger partial charge in [0, 0.05) is 13.1 Å². The monoisotopic (exact) mass is 268 g/mol. The van der Waals surface area contributed by atoms with Crippen LogP contribution in [-0.4, -0.2) is 43.2 Å². The maximum absolute atomic E-state index is 11.9. The molecule has 0 heterocycles. The van der Waals surface area contributed by atoms with Crippen molar-refractivity contribution in [3.63, 3.8) is 0 Å². The van der Waals surface area contributed by atoms with Crippen LogP contribution in [0.2, 0.25) is 0 Å². The molecule has 3 nitrogen and oxygen atoms in total. The molecule has 0 atom stereocenters. The fourth-order valence-corrected chi connectivity index (χ4v) is 1.48. The Bertz CT molecular complexity index is 224. The van der Waals surface area contributed by atoms with E-state index in [9.17, 15) is 18.0 Å². The molecule has 108 valence electrons. The van der Waals surface area contributed by atoms with Gasteiger partial charge in [-0.05, 0) is 12.8 Å². The molecule has 0 aliphatic carbocycles. The molecule has 0 rings (SSSR count). The van der Waals surface area contributed by atoms with Gasteiger partial charge in [0.15, 0.2) is 0 Å². The van der Waals surface area contributed by atoms with E-state index in [0.717, 1.165) is 25.7 Å². The number of unbranched alkanes of at least 4 members (excludes halogenated alkanes) is 2. The van der Waals surface area contributed by atoms with Crippen LogP contribution in [0.25, 0.3) is 0 Å². The third kappa shape index (κ3) is 9.27. The maximum Gasteiger partial charge on any atom is 0.401 e. The van der Waals surface area contributed by atoms with Crippen molar-refractivity contribution < 1.29 is 18.0 Å². The summed E-state index contributed by atoms with van der Waals surface area (Å²) in [5.41, 5.74) is 0. The smallest absolute Gasteiger partial charge is 0.342 e. The summed E-state index contributed by atoms with van der Waals surface area (Å²) in [6, 6.07) is 0. The fraction of sp³-hybridized carbons (Fsp3) is 0.917. The van der Waals surface area contributed by atoms with Crippen LogP contribution in [0.1, 0.15) is 39.5 Å². The van der Waals surface area contributed by atoms with Gasteiger partial charge >= 0.3 is 6.18 Å². The van der Waals surface area contributed by atoms with Crippen LogP contribution < -0.4 is 5.32 Å². The number of alkyl halides is 3. The molecule has 0 bridgehead atoms. The number of rotatable bonds is 9. The Labute approximate surface area is 107 Å². The first kappa shape index (κ1) is 17.2. The van der Waals surface area contributed by atoms with Gasteiger partial charge in [0.05, 0.1) is 13.1 Å². The minimum Gasteiger partial charge on any atom is -0.342 e. The molecule has 0 aromatic heterocycles. The first-order valence-electron chi connectivity index (χ1n) is 6.46. The second kappa shape index (κ2) is 9.19. The zero-order chi connectivity index (χ0) is 14.0. The number of carbonyl (C=O) groups excluding carboxylic acids is 1. The van der Waals surface area contributed by atoms with Crippen molar-refractivity contribution in [3.8, 4) is 0 Å². The maximum atomic E-state index is 11.9. The molecule has 0 unspecified atom stereocenters. The fourth-order valence-electron chi connectivity index (χ4n) is 1.48. The lowest BCUT2D eigenvalue weighted by Gasteiger charge is -2.22. The number of carbonyl (C=O) groups is 1. The van der Waals surface area contributed by atoms with Gasteiger partial charge in [-0.2, -0.15) is 13.2 Å². The van der Waals surface area contributed by atoms with Crippen molar-refractivity contribution in [2.24, 2.45) is 0 Å². The molecule has 1 N–H and O–H groups in total. The van der Waals surface area contributed by atoms with Crippen molar-refractivity contribution in [3.05, 3.63) is 0 Å².